The second-order valence-corrected chi connectivity index (χ2v) is 4.23. The number of amides is 2. The van der Waals surface area contributed by atoms with E-state index < -0.39 is 6.03 Å². The van der Waals surface area contributed by atoms with Crippen molar-refractivity contribution < 1.29 is 14.7 Å². The van der Waals surface area contributed by atoms with Crippen LogP contribution in [0.3, 0.4) is 0 Å². The number of hydrogen-bond acceptors (Lipinski definition) is 3. The first kappa shape index (κ1) is 13.6. The highest BCUT2D eigenvalue weighted by Crippen LogP contribution is 2.21. The van der Waals surface area contributed by atoms with Crippen molar-refractivity contribution >= 4 is 23.2 Å². The molecule has 5 nitrogen and oxygen atoms in total. The first-order valence-electron chi connectivity index (χ1n) is 6.03. The summed E-state index contributed by atoms with van der Waals surface area (Å²) in [6.45, 7) is 1.48. The third-order valence-corrected chi connectivity index (χ3v) is 2.70. The van der Waals surface area contributed by atoms with Gasteiger partial charge in [-0.1, -0.05) is 12.1 Å². The molecule has 0 unspecified atom stereocenters. The number of carbonyl (C=O) groups is 2. The van der Waals surface area contributed by atoms with Gasteiger partial charge in [0.25, 0.3) is 0 Å². The maximum absolute atomic E-state index is 11.8. The van der Waals surface area contributed by atoms with E-state index in [2.05, 4.69) is 10.6 Å². The summed E-state index contributed by atoms with van der Waals surface area (Å²) in [5, 5.41) is 14.7. The Bertz CT molecular complexity index is 636. The Morgan fingerprint density at radius 2 is 1.60 bits per heavy atom. The van der Waals surface area contributed by atoms with E-state index in [1.807, 2.05) is 0 Å². The van der Waals surface area contributed by atoms with Gasteiger partial charge in [0.15, 0.2) is 5.78 Å². The fourth-order valence-corrected chi connectivity index (χ4v) is 1.65. The number of nitrogens with one attached hydrogen (secondary N) is 2. The standard InChI is InChI=1S/C15H14N2O3/c1-10(18)11-6-8-12(9-7-11)16-15(20)17-13-4-2-3-5-14(13)19/h2-9,19H,1H3,(H2,16,17,20). The van der Waals surface area contributed by atoms with Crippen molar-refractivity contribution in [3.8, 4) is 5.75 Å². The molecule has 0 aliphatic carbocycles. The molecule has 5 heteroatoms. The lowest BCUT2D eigenvalue weighted by molar-refractivity contribution is 0.101. The number of benzene rings is 2. The fourth-order valence-electron chi connectivity index (χ4n) is 1.65. The van der Waals surface area contributed by atoms with Crippen molar-refractivity contribution in [1.29, 1.82) is 0 Å². The summed E-state index contributed by atoms with van der Waals surface area (Å²) in [4.78, 5) is 22.9. The number of phenols is 1. The minimum atomic E-state index is -0.470. The summed E-state index contributed by atoms with van der Waals surface area (Å²) in [6.07, 6.45) is 0. The molecule has 102 valence electrons. The molecule has 2 aromatic rings. The highest BCUT2D eigenvalue weighted by Gasteiger charge is 2.06. The summed E-state index contributed by atoms with van der Waals surface area (Å²) in [7, 11) is 0. The molecular formula is C15H14N2O3. The smallest absolute Gasteiger partial charge is 0.323 e. The van der Waals surface area contributed by atoms with Crippen LogP contribution in [0, 0.1) is 0 Å². The van der Waals surface area contributed by atoms with Crippen LogP contribution >= 0.6 is 0 Å². The van der Waals surface area contributed by atoms with Gasteiger partial charge in [0.2, 0.25) is 0 Å². The summed E-state index contributed by atoms with van der Waals surface area (Å²) < 4.78 is 0. The first-order chi connectivity index (χ1) is 9.56. The van der Waals surface area contributed by atoms with Crippen LogP contribution in [0.1, 0.15) is 17.3 Å². The monoisotopic (exact) mass is 270 g/mol. The summed E-state index contributed by atoms with van der Waals surface area (Å²) in [6, 6.07) is 12.5. The van der Waals surface area contributed by atoms with Crippen molar-refractivity contribution in [3.63, 3.8) is 0 Å². The largest absolute Gasteiger partial charge is 0.506 e. The zero-order valence-electron chi connectivity index (χ0n) is 10.9. The quantitative estimate of drug-likeness (QED) is 0.591. The Morgan fingerprint density at radius 3 is 2.20 bits per heavy atom. The van der Waals surface area contributed by atoms with E-state index in [0.29, 0.717) is 16.9 Å². The number of urea groups is 1. The molecule has 0 aromatic heterocycles. The summed E-state index contributed by atoms with van der Waals surface area (Å²) >= 11 is 0. The van der Waals surface area contributed by atoms with Gasteiger partial charge in [0.05, 0.1) is 5.69 Å². The summed E-state index contributed by atoms with van der Waals surface area (Å²) in [5.74, 6) is -0.0372. The molecule has 0 heterocycles. The number of Topliss-reactive ketones (excluding diaryl/α,β-unsaturated/α-hetero) is 1. The maximum Gasteiger partial charge on any atom is 0.323 e. The topological polar surface area (TPSA) is 78.4 Å². The molecule has 0 radical (unpaired) electrons. The average Bonchev–Trinajstić information content (AvgIpc) is 2.42. The van der Waals surface area contributed by atoms with Gasteiger partial charge in [-0.2, -0.15) is 0 Å². The van der Waals surface area contributed by atoms with Crippen LogP contribution < -0.4 is 10.6 Å². The van der Waals surface area contributed by atoms with Gasteiger partial charge in [0.1, 0.15) is 5.75 Å². The maximum atomic E-state index is 11.8. The molecule has 0 saturated heterocycles. The molecule has 0 atom stereocenters. The molecule has 0 aliphatic rings. The van der Waals surface area contributed by atoms with Gasteiger partial charge < -0.3 is 15.7 Å². The zero-order chi connectivity index (χ0) is 14.5. The van der Waals surface area contributed by atoms with Crippen molar-refractivity contribution in [2.24, 2.45) is 0 Å². The van der Waals surface area contributed by atoms with Gasteiger partial charge in [-0.05, 0) is 43.3 Å². The van der Waals surface area contributed by atoms with Gasteiger partial charge in [-0.15, -0.1) is 0 Å². The van der Waals surface area contributed by atoms with Crippen molar-refractivity contribution in [2.75, 3.05) is 10.6 Å². The lowest BCUT2D eigenvalue weighted by atomic mass is 10.1. The van der Waals surface area contributed by atoms with Crippen molar-refractivity contribution in [3.05, 3.63) is 54.1 Å². The Morgan fingerprint density at radius 1 is 0.950 bits per heavy atom. The highest BCUT2D eigenvalue weighted by atomic mass is 16.3. The van der Waals surface area contributed by atoms with Crippen LogP contribution in [0.15, 0.2) is 48.5 Å². The van der Waals surface area contributed by atoms with Gasteiger partial charge in [0, 0.05) is 11.3 Å². The molecule has 3 N–H and O–H groups in total. The van der Waals surface area contributed by atoms with E-state index in [0.717, 1.165) is 0 Å². The van der Waals surface area contributed by atoms with Crippen LogP contribution in [0.2, 0.25) is 0 Å². The molecular weight excluding hydrogens is 256 g/mol. The van der Waals surface area contributed by atoms with Crippen LogP contribution in [0.25, 0.3) is 0 Å². The highest BCUT2D eigenvalue weighted by molar-refractivity contribution is 6.01. The normalized spacial score (nSPS) is 9.85. The second kappa shape index (κ2) is 5.88. The third kappa shape index (κ3) is 3.35. The van der Waals surface area contributed by atoms with Gasteiger partial charge in [-0.3, -0.25) is 4.79 Å². The van der Waals surface area contributed by atoms with Crippen LogP contribution in [-0.2, 0) is 0 Å². The molecule has 2 aromatic carbocycles. The summed E-state index contributed by atoms with van der Waals surface area (Å²) in [5.41, 5.74) is 1.46. The Labute approximate surface area is 116 Å². The number of rotatable bonds is 3. The van der Waals surface area contributed by atoms with Crippen LogP contribution in [0.5, 0.6) is 5.75 Å². The van der Waals surface area contributed by atoms with E-state index in [4.69, 9.17) is 0 Å². The van der Waals surface area contributed by atoms with Crippen molar-refractivity contribution in [1.82, 2.24) is 0 Å². The predicted molar refractivity (Wildman–Crippen MR) is 77.2 cm³/mol. The Hall–Kier alpha value is -2.82. The number of anilines is 2. The van der Waals surface area contributed by atoms with Gasteiger partial charge in [-0.25, -0.2) is 4.79 Å². The lowest BCUT2D eigenvalue weighted by Crippen LogP contribution is -2.19. The molecule has 20 heavy (non-hydrogen) atoms. The van der Waals surface area contributed by atoms with Crippen molar-refractivity contribution in [2.45, 2.75) is 6.92 Å². The van der Waals surface area contributed by atoms with E-state index in [-0.39, 0.29) is 11.5 Å². The predicted octanol–water partition coefficient (Wildman–Crippen LogP) is 3.24. The SMILES string of the molecule is CC(=O)c1ccc(NC(=O)Nc2ccccc2O)cc1. The molecule has 2 amide bonds. The van der Waals surface area contributed by atoms with E-state index >= 15 is 0 Å². The molecule has 0 saturated carbocycles. The molecule has 2 rings (SSSR count). The lowest BCUT2D eigenvalue weighted by Gasteiger charge is -2.09. The first-order valence-corrected chi connectivity index (χ1v) is 6.03. The zero-order valence-corrected chi connectivity index (χ0v) is 10.9. The number of hydrogen-bond donors (Lipinski definition) is 3. The van der Waals surface area contributed by atoms with Crippen LogP contribution in [0.4, 0.5) is 16.2 Å². The minimum Gasteiger partial charge on any atom is -0.506 e. The third-order valence-electron chi connectivity index (χ3n) is 2.70. The van der Waals surface area contributed by atoms with E-state index in [1.165, 1.54) is 13.0 Å². The van der Waals surface area contributed by atoms with E-state index in [1.54, 1.807) is 42.5 Å². The van der Waals surface area contributed by atoms with Crippen LogP contribution in [-0.4, -0.2) is 16.9 Å². The molecule has 0 fully saturated rings. The molecule has 0 aliphatic heterocycles. The fraction of sp³-hybridized carbons (Fsp3) is 0.0667. The Kier molecular flexibility index (Phi) is 4.00. The average molecular weight is 270 g/mol. The molecule has 0 spiro atoms. The second-order valence-electron chi connectivity index (χ2n) is 4.23. The number of ketones is 1. The number of carbonyl (C=O) groups excluding carboxylic acids is 2. The number of aromatic hydroxyl groups is 1. The number of phenolic OH excluding ortho intramolecular Hbond substituents is 1. The van der Waals surface area contributed by atoms with E-state index in [9.17, 15) is 14.7 Å². The van der Waals surface area contributed by atoms with Gasteiger partial charge >= 0.3 is 6.03 Å². The Balaban J connectivity index is 2.01. The minimum absolute atomic E-state index is 0.00502. The molecule has 0 bridgehead atoms. The number of para-hydroxylation sites is 2.